The molecule has 1 amide bonds. The van der Waals surface area contributed by atoms with Gasteiger partial charge < -0.3 is 5.11 Å². The highest BCUT2D eigenvalue weighted by molar-refractivity contribution is 5.96. The average molecular weight is 209 g/mol. The van der Waals surface area contributed by atoms with E-state index in [-0.39, 0.29) is 16.7 Å². The number of hydroxylamine groups is 1. The number of phenolic OH excluding ortho intramolecular Hbond substituents is 1. The summed E-state index contributed by atoms with van der Waals surface area (Å²) >= 11 is 0. The Balaban J connectivity index is 3.15. The molecule has 82 valence electrons. The van der Waals surface area contributed by atoms with Crippen molar-refractivity contribution in [3.05, 3.63) is 29.3 Å². The second-order valence-corrected chi connectivity index (χ2v) is 4.42. The van der Waals surface area contributed by atoms with E-state index < -0.39 is 5.91 Å². The highest BCUT2D eigenvalue weighted by atomic mass is 16.5. The number of amides is 1. The van der Waals surface area contributed by atoms with Gasteiger partial charge in [-0.3, -0.25) is 10.0 Å². The maximum Gasteiger partial charge on any atom is 0.278 e. The molecule has 0 radical (unpaired) electrons. The fraction of sp³-hybridized carbons (Fsp3) is 0.364. The second kappa shape index (κ2) is 3.90. The zero-order chi connectivity index (χ0) is 11.6. The van der Waals surface area contributed by atoms with Crippen molar-refractivity contribution in [1.82, 2.24) is 5.48 Å². The second-order valence-electron chi connectivity index (χ2n) is 4.42. The van der Waals surface area contributed by atoms with Crippen molar-refractivity contribution in [2.24, 2.45) is 0 Å². The molecule has 15 heavy (non-hydrogen) atoms. The van der Waals surface area contributed by atoms with Crippen molar-refractivity contribution in [2.75, 3.05) is 0 Å². The van der Waals surface area contributed by atoms with Crippen LogP contribution in [-0.4, -0.2) is 16.2 Å². The van der Waals surface area contributed by atoms with Crippen molar-refractivity contribution in [3.63, 3.8) is 0 Å². The summed E-state index contributed by atoms with van der Waals surface area (Å²) in [6.45, 7) is 6.02. The zero-order valence-electron chi connectivity index (χ0n) is 9.03. The molecule has 1 aromatic carbocycles. The third-order valence-electron chi connectivity index (χ3n) is 2.21. The molecule has 0 saturated carbocycles. The van der Waals surface area contributed by atoms with Crippen LogP contribution in [-0.2, 0) is 5.41 Å². The van der Waals surface area contributed by atoms with Crippen molar-refractivity contribution >= 4 is 5.91 Å². The molecule has 4 heteroatoms. The summed E-state index contributed by atoms with van der Waals surface area (Å²) < 4.78 is 0. The van der Waals surface area contributed by atoms with Crippen LogP contribution >= 0.6 is 0 Å². The molecule has 0 heterocycles. The number of phenols is 1. The molecule has 3 N–H and O–H groups in total. The average Bonchev–Trinajstić information content (AvgIpc) is 2.15. The van der Waals surface area contributed by atoms with Gasteiger partial charge in [-0.1, -0.05) is 26.8 Å². The van der Waals surface area contributed by atoms with Gasteiger partial charge in [-0.25, -0.2) is 5.48 Å². The van der Waals surface area contributed by atoms with Crippen LogP contribution in [0.5, 0.6) is 5.75 Å². The number of nitrogens with one attached hydrogen (secondary N) is 1. The first-order valence-electron chi connectivity index (χ1n) is 4.64. The lowest BCUT2D eigenvalue weighted by Gasteiger charge is -2.19. The van der Waals surface area contributed by atoms with Crippen LogP contribution in [0, 0.1) is 0 Å². The van der Waals surface area contributed by atoms with E-state index in [4.69, 9.17) is 5.21 Å². The summed E-state index contributed by atoms with van der Waals surface area (Å²) in [5.41, 5.74) is 2.38. The van der Waals surface area contributed by atoms with Gasteiger partial charge in [-0.2, -0.15) is 0 Å². The van der Waals surface area contributed by atoms with E-state index in [0.29, 0.717) is 0 Å². The molecule has 0 fully saturated rings. The molecule has 0 bridgehead atoms. The Kier molecular flexibility index (Phi) is 3.00. The van der Waals surface area contributed by atoms with Crippen molar-refractivity contribution in [3.8, 4) is 5.75 Å². The summed E-state index contributed by atoms with van der Waals surface area (Å²) in [6, 6.07) is 4.77. The third-order valence-corrected chi connectivity index (χ3v) is 2.21. The molecule has 0 aliphatic carbocycles. The highest BCUT2D eigenvalue weighted by Gasteiger charge is 2.17. The van der Waals surface area contributed by atoms with E-state index >= 15 is 0 Å². The Morgan fingerprint density at radius 2 is 1.93 bits per heavy atom. The SMILES string of the molecule is CC(C)(C)c1ccc(C(=O)NO)c(O)c1. The molecule has 4 nitrogen and oxygen atoms in total. The van der Waals surface area contributed by atoms with Crippen LogP contribution in [0.1, 0.15) is 36.7 Å². The maximum absolute atomic E-state index is 11.1. The minimum absolute atomic E-state index is 0.0606. The maximum atomic E-state index is 11.1. The Hall–Kier alpha value is -1.55. The number of rotatable bonds is 1. The lowest BCUT2D eigenvalue weighted by Crippen LogP contribution is -2.19. The number of hydrogen-bond donors (Lipinski definition) is 3. The molecule has 0 spiro atoms. The number of benzene rings is 1. The van der Waals surface area contributed by atoms with Gasteiger partial charge in [0.25, 0.3) is 5.91 Å². The summed E-state index contributed by atoms with van der Waals surface area (Å²) in [7, 11) is 0. The first-order valence-corrected chi connectivity index (χ1v) is 4.64. The van der Waals surface area contributed by atoms with Gasteiger partial charge in [0, 0.05) is 0 Å². The number of hydrogen-bond acceptors (Lipinski definition) is 3. The van der Waals surface area contributed by atoms with E-state index in [1.54, 1.807) is 6.07 Å². The first kappa shape index (κ1) is 11.5. The van der Waals surface area contributed by atoms with Crippen molar-refractivity contribution in [1.29, 1.82) is 0 Å². The predicted molar refractivity (Wildman–Crippen MR) is 56.1 cm³/mol. The van der Waals surface area contributed by atoms with Crippen molar-refractivity contribution < 1.29 is 15.1 Å². The van der Waals surface area contributed by atoms with E-state index in [1.165, 1.54) is 17.6 Å². The van der Waals surface area contributed by atoms with Crippen LogP contribution < -0.4 is 5.48 Å². The van der Waals surface area contributed by atoms with Crippen LogP contribution in [0.3, 0.4) is 0 Å². The standard InChI is InChI=1S/C11H15NO3/c1-11(2,3)7-4-5-8(9(13)6-7)10(14)12-15/h4-6,13,15H,1-3H3,(H,12,14). The lowest BCUT2D eigenvalue weighted by molar-refractivity contribution is 0.0703. The lowest BCUT2D eigenvalue weighted by atomic mass is 9.86. The Labute approximate surface area is 88.5 Å². The van der Waals surface area contributed by atoms with E-state index in [1.807, 2.05) is 20.8 Å². The molecule has 1 aromatic rings. The molecule has 0 aliphatic rings. The van der Waals surface area contributed by atoms with Gasteiger partial charge in [-0.05, 0) is 23.1 Å². The van der Waals surface area contributed by atoms with Gasteiger partial charge in [0.05, 0.1) is 5.56 Å². The summed E-state index contributed by atoms with van der Waals surface area (Å²) in [5, 5.41) is 18.0. The molecule has 0 aliphatic heterocycles. The molecule has 0 unspecified atom stereocenters. The first-order chi connectivity index (χ1) is 6.86. The van der Waals surface area contributed by atoms with Crippen molar-refractivity contribution in [2.45, 2.75) is 26.2 Å². The number of carbonyl (C=O) groups excluding carboxylic acids is 1. The van der Waals surface area contributed by atoms with Gasteiger partial charge >= 0.3 is 0 Å². The zero-order valence-corrected chi connectivity index (χ0v) is 9.03. The topological polar surface area (TPSA) is 69.6 Å². The van der Waals surface area contributed by atoms with E-state index in [2.05, 4.69) is 0 Å². The van der Waals surface area contributed by atoms with Gasteiger partial charge in [0.15, 0.2) is 0 Å². The Bertz CT molecular complexity index is 380. The van der Waals surface area contributed by atoms with Gasteiger partial charge in [0.1, 0.15) is 5.75 Å². The molecule has 0 atom stereocenters. The van der Waals surface area contributed by atoms with Crippen LogP contribution in [0.4, 0.5) is 0 Å². The minimum Gasteiger partial charge on any atom is -0.507 e. The molecular weight excluding hydrogens is 194 g/mol. The monoisotopic (exact) mass is 209 g/mol. The molecule has 0 aromatic heterocycles. The normalized spacial score (nSPS) is 11.2. The molecule has 0 saturated heterocycles. The highest BCUT2D eigenvalue weighted by Crippen LogP contribution is 2.27. The molecular formula is C11H15NO3. The van der Waals surface area contributed by atoms with E-state index in [0.717, 1.165) is 5.56 Å². The number of aromatic hydroxyl groups is 1. The largest absolute Gasteiger partial charge is 0.507 e. The third kappa shape index (κ3) is 2.47. The molecule has 1 rings (SSSR count). The van der Waals surface area contributed by atoms with Gasteiger partial charge in [-0.15, -0.1) is 0 Å². The predicted octanol–water partition coefficient (Wildman–Crippen LogP) is 1.81. The summed E-state index contributed by atoms with van der Waals surface area (Å²) in [5.74, 6) is -0.845. The van der Waals surface area contributed by atoms with Crippen LogP contribution in [0.25, 0.3) is 0 Å². The quantitative estimate of drug-likeness (QED) is 0.488. The summed E-state index contributed by atoms with van der Waals surface area (Å²) in [6.07, 6.45) is 0. The Morgan fingerprint density at radius 1 is 1.33 bits per heavy atom. The van der Waals surface area contributed by atoms with Gasteiger partial charge in [0.2, 0.25) is 0 Å². The fourth-order valence-electron chi connectivity index (χ4n) is 1.25. The fourth-order valence-corrected chi connectivity index (χ4v) is 1.25. The smallest absolute Gasteiger partial charge is 0.278 e. The minimum atomic E-state index is -0.715. The van der Waals surface area contributed by atoms with Crippen LogP contribution in [0.15, 0.2) is 18.2 Å². The van der Waals surface area contributed by atoms with E-state index in [9.17, 15) is 9.90 Å². The van der Waals surface area contributed by atoms with Crippen LogP contribution in [0.2, 0.25) is 0 Å². The number of carbonyl (C=O) groups is 1. The summed E-state index contributed by atoms with van der Waals surface area (Å²) in [4.78, 5) is 11.1. The Morgan fingerprint density at radius 3 is 2.33 bits per heavy atom.